The zero-order chi connectivity index (χ0) is 13.1. The molecule has 0 radical (unpaired) electrons. The first-order chi connectivity index (χ1) is 9.36. The molecule has 2 heterocycles. The highest BCUT2D eigenvalue weighted by molar-refractivity contribution is 7.99. The summed E-state index contributed by atoms with van der Waals surface area (Å²) < 4.78 is 3.31. The molecule has 0 unspecified atom stereocenters. The molecule has 0 amide bonds. The molecular weight excluding hydrogens is 256 g/mol. The van der Waals surface area contributed by atoms with Crippen molar-refractivity contribution in [1.82, 2.24) is 9.97 Å². The summed E-state index contributed by atoms with van der Waals surface area (Å²) in [6, 6.07) is 6.66. The van der Waals surface area contributed by atoms with Gasteiger partial charge in [0.15, 0.2) is 0 Å². The second kappa shape index (κ2) is 5.57. The van der Waals surface area contributed by atoms with Crippen LogP contribution in [0, 0.1) is 0 Å². The number of H-pyrrole nitrogens is 1. The van der Waals surface area contributed by atoms with Gasteiger partial charge in [-0.25, -0.2) is 4.98 Å². The average Bonchev–Trinajstić information content (AvgIpc) is 2.93. The van der Waals surface area contributed by atoms with Crippen LogP contribution in [0.5, 0.6) is 0 Å². The van der Waals surface area contributed by atoms with Crippen molar-refractivity contribution in [1.29, 1.82) is 0 Å². The molecule has 0 atom stereocenters. The Bertz CT molecular complexity index is 538. The summed E-state index contributed by atoms with van der Waals surface area (Å²) in [6.45, 7) is 2.00. The van der Waals surface area contributed by atoms with Crippen LogP contribution < -0.4 is 9.62 Å². The topological polar surface area (TPSA) is 44.0 Å². The normalized spacial score (nSPS) is 14.3. The molecular formula is C14H18N4S. The number of hydrogen-bond acceptors (Lipinski definition) is 4. The molecule has 0 spiro atoms. The fourth-order valence-corrected chi connectivity index (χ4v) is 2.94. The van der Waals surface area contributed by atoms with Crippen LogP contribution in [0.3, 0.4) is 0 Å². The van der Waals surface area contributed by atoms with E-state index >= 15 is 0 Å². The Morgan fingerprint density at radius 2 is 2.42 bits per heavy atom. The fraction of sp³-hybridized carbons (Fsp3) is 0.357. The summed E-state index contributed by atoms with van der Waals surface area (Å²) in [6.07, 6.45) is 8.08. The summed E-state index contributed by atoms with van der Waals surface area (Å²) in [4.78, 5) is 9.70. The molecule has 100 valence electrons. The van der Waals surface area contributed by atoms with Gasteiger partial charge in [0.1, 0.15) is 0 Å². The molecule has 19 heavy (non-hydrogen) atoms. The third kappa shape index (κ3) is 2.71. The summed E-state index contributed by atoms with van der Waals surface area (Å²) in [5, 5.41) is 0. The standard InChI is InChI=1S/C14H18N4S/c1-19-17-12-5-4-11-3-2-6-18(14(11)7-12)9-13-8-15-10-16-13/h4-5,7-8,10,17H,2-3,6,9H2,1H3,(H,15,16). The number of aromatic amines is 1. The van der Waals surface area contributed by atoms with E-state index in [1.165, 1.54) is 29.8 Å². The second-order valence-electron chi connectivity index (χ2n) is 4.75. The number of anilines is 2. The first kappa shape index (κ1) is 12.4. The number of rotatable bonds is 4. The lowest BCUT2D eigenvalue weighted by molar-refractivity contribution is 0.685. The van der Waals surface area contributed by atoms with Gasteiger partial charge in [0.05, 0.1) is 18.6 Å². The summed E-state index contributed by atoms with van der Waals surface area (Å²) in [7, 11) is 0. The van der Waals surface area contributed by atoms with Gasteiger partial charge in [-0.1, -0.05) is 18.0 Å². The van der Waals surface area contributed by atoms with Crippen LogP contribution >= 0.6 is 11.9 Å². The third-order valence-electron chi connectivity index (χ3n) is 3.44. The van der Waals surface area contributed by atoms with Crippen LogP contribution in [0.4, 0.5) is 11.4 Å². The summed E-state index contributed by atoms with van der Waals surface area (Å²) in [5.74, 6) is 0. The SMILES string of the molecule is CSNc1ccc2c(c1)N(Cc1cnc[nH]1)CCC2. The van der Waals surface area contributed by atoms with E-state index in [1.807, 2.05) is 12.5 Å². The Hall–Kier alpha value is -1.62. The molecule has 1 aliphatic rings. The van der Waals surface area contributed by atoms with Crippen LogP contribution in [0.1, 0.15) is 17.7 Å². The number of nitrogens with zero attached hydrogens (tertiary/aromatic N) is 2. The lowest BCUT2D eigenvalue weighted by atomic mass is 10.0. The maximum absolute atomic E-state index is 4.09. The third-order valence-corrected chi connectivity index (χ3v) is 3.88. The number of nitrogens with one attached hydrogen (secondary N) is 2. The van der Waals surface area contributed by atoms with E-state index in [4.69, 9.17) is 0 Å². The van der Waals surface area contributed by atoms with E-state index in [0.717, 1.165) is 18.8 Å². The number of aromatic nitrogens is 2. The van der Waals surface area contributed by atoms with E-state index in [0.29, 0.717) is 0 Å². The molecule has 2 aromatic rings. The number of aryl methyl sites for hydroxylation is 1. The van der Waals surface area contributed by atoms with Crippen molar-refractivity contribution in [2.45, 2.75) is 19.4 Å². The quantitative estimate of drug-likeness (QED) is 0.841. The predicted molar refractivity (Wildman–Crippen MR) is 81.5 cm³/mol. The lowest BCUT2D eigenvalue weighted by Crippen LogP contribution is -2.29. The van der Waals surface area contributed by atoms with Gasteiger partial charge in [-0.2, -0.15) is 0 Å². The molecule has 0 bridgehead atoms. The minimum atomic E-state index is 0.899. The maximum atomic E-state index is 4.09. The molecule has 0 aliphatic carbocycles. The molecule has 0 fully saturated rings. The van der Waals surface area contributed by atoms with E-state index in [9.17, 15) is 0 Å². The van der Waals surface area contributed by atoms with Crippen molar-refractivity contribution in [3.05, 3.63) is 42.0 Å². The van der Waals surface area contributed by atoms with Gasteiger partial charge in [-0.15, -0.1) is 0 Å². The highest BCUT2D eigenvalue weighted by Gasteiger charge is 2.17. The van der Waals surface area contributed by atoms with Gasteiger partial charge < -0.3 is 14.6 Å². The molecule has 3 rings (SSSR count). The zero-order valence-corrected chi connectivity index (χ0v) is 11.8. The van der Waals surface area contributed by atoms with Crippen LogP contribution in [-0.2, 0) is 13.0 Å². The Morgan fingerprint density at radius 1 is 1.47 bits per heavy atom. The number of benzene rings is 1. The lowest BCUT2D eigenvalue weighted by Gasteiger charge is -2.31. The summed E-state index contributed by atoms with van der Waals surface area (Å²) >= 11 is 1.63. The average molecular weight is 274 g/mol. The molecule has 1 aromatic heterocycles. The zero-order valence-electron chi connectivity index (χ0n) is 11.0. The number of imidazole rings is 1. The Kier molecular flexibility index (Phi) is 3.64. The fourth-order valence-electron chi connectivity index (χ4n) is 2.57. The van der Waals surface area contributed by atoms with Crippen molar-refractivity contribution in [2.75, 3.05) is 22.4 Å². The van der Waals surface area contributed by atoms with Gasteiger partial charge in [0.25, 0.3) is 0 Å². The van der Waals surface area contributed by atoms with Crippen molar-refractivity contribution in [3.8, 4) is 0 Å². The van der Waals surface area contributed by atoms with Crippen molar-refractivity contribution >= 4 is 23.3 Å². The van der Waals surface area contributed by atoms with Gasteiger partial charge in [-0.05, 0) is 30.5 Å². The van der Waals surface area contributed by atoms with E-state index in [1.54, 1.807) is 18.3 Å². The van der Waals surface area contributed by atoms with E-state index in [-0.39, 0.29) is 0 Å². The molecule has 0 saturated heterocycles. The Morgan fingerprint density at radius 3 is 3.21 bits per heavy atom. The minimum absolute atomic E-state index is 0.899. The molecule has 2 N–H and O–H groups in total. The first-order valence-corrected chi connectivity index (χ1v) is 7.73. The Labute approximate surface area is 117 Å². The minimum Gasteiger partial charge on any atom is -0.365 e. The molecule has 1 aromatic carbocycles. The predicted octanol–water partition coefficient (Wildman–Crippen LogP) is 3.05. The van der Waals surface area contributed by atoms with Gasteiger partial charge in [-0.3, -0.25) is 0 Å². The van der Waals surface area contributed by atoms with Crippen LogP contribution in [0.15, 0.2) is 30.7 Å². The maximum Gasteiger partial charge on any atom is 0.0922 e. The largest absolute Gasteiger partial charge is 0.365 e. The molecule has 4 nitrogen and oxygen atoms in total. The van der Waals surface area contributed by atoms with E-state index < -0.39 is 0 Å². The van der Waals surface area contributed by atoms with Crippen LogP contribution in [0.25, 0.3) is 0 Å². The number of fused-ring (bicyclic) bond motifs is 1. The monoisotopic (exact) mass is 274 g/mol. The van der Waals surface area contributed by atoms with Gasteiger partial charge in [0.2, 0.25) is 0 Å². The smallest absolute Gasteiger partial charge is 0.0922 e. The highest BCUT2D eigenvalue weighted by atomic mass is 32.2. The van der Waals surface area contributed by atoms with Crippen LogP contribution in [-0.4, -0.2) is 22.8 Å². The molecule has 5 heteroatoms. The highest BCUT2D eigenvalue weighted by Crippen LogP contribution is 2.31. The van der Waals surface area contributed by atoms with Crippen molar-refractivity contribution in [2.24, 2.45) is 0 Å². The second-order valence-corrected chi connectivity index (χ2v) is 5.36. The first-order valence-electron chi connectivity index (χ1n) is 6.51. The summed E-state index contributed by atoms with van der Waals surface area (Å²) in [5.41, 5.74) is 5.12. The Balaban J connectivity index is 1.86. The molecule has 1 aliphatic heterocycles. The molecule has 0 saturated carbocycles. The van der Waals surface area contributed by atoms with Crippen LogP contribution in [0.2, 0.25) is 0 Å². The number of hydrogen-bond donors (Lipinski definition) is 2. The van der Waals surface area contributed by atoms with Gasteiger partial charge in [0, 0.05) is 30.4 Å². The van der Waals surface area contributed by atoms with Crippen molar-refractivity contribution < 1.29 is 0 Å². The van der Waals surface area contributed by atoms with Crippen molar-refractivity contribution in [3.63, 3.8) is 0 Å². The van der Waals surface area contributed by atoms with E-state index in [2.05, 4.69) is 37.8 Å². The van der Waals surface area contributed by atoms with Gasteiger partial charge >= 0.3 is 0 Å².